The molecule has 2 aromatic heterocycles. The van der Waals surface area contributed by atoms with Crippen LogP contribution in [0.25, 0.3) is 16.0 Å². The van der Waals surface area contributed by atoms with Gasteiger partial charge in [0.15, 0.2) is 10.8 Å². The number of carboxylic acid groups (broad SMARTS) is 1. The molecule has 7 heteroatoms. The van der Waals surface area contributed by atoms with E-state index >= 15 is 0 Å². The molecule has 2 aromatic carbocycles. The Morgan fingerprint density at radius 2 is 1.96 bits per heavy atom. The fraction of sp³-hybridized carbons (Fsp3) is 0.0526. The van der Waals surface area contributed by atoms with Crippen molar-refractivity contribution in [2.45, 2.75) is 11.3 Å². The average molecular weight is 381 g/mol. The van der Waals surface area contributed by atoms with Crippen LogP contribution in [0.2, 0.25) is 0 Å². The lowest BCUT2D eigenvalue weighted by Crippen LogP contribution is -1.98. The monoisotopic (exact) mass is 381 g/mol. The fourth-order valence-corrected chi connectivity index (χ4v) is 4.01. The molecule has 5 nitrogen and oxygen atoms in total. The Bertz CT molecular complexity index is 1080. The normalized spacial score (nSPS) is 11.1. The largest absolute Gasteiger partial charge is 0.476 e. The number of hydrogen-bond donors (Lipinski definition) is 2. The van der Waals surface area contributed by atoms with Crippen molar-refractivity contribution in [2.24, 2.45) is 5.14 Å². The van der Waals surface area contributed by atoms with Crippen LogP contribution < -0.4 is 5.14 Å². The van der Waals surface area contributed by atoms with E-state index in [0.717, 1.165) is 22.2 Å². The van der Waals surface area contributed by atoms with E-state index in [1.165, 1.54) is 34.4 Å². The molecular formula is C19H15N3O2S2. The Morgan fingerprint density at radius 1 is 1.19 bits per heavy atom. The summed E-state index contributed by atoms with van der Waals surface area (Å²) < 4.78 is 1.96. The fourth-order valence-electron chi connectivity index (χ4n) is 2.93. The standard InChI is InChI=1S/C19H15N3O2S2/c20-26-14-7-5-12(6-8-14)9-13-10-22(17-4-2-1-3-15(13)17)19-21-16(11-25-19)18(23)24/h1-8,10-11H,9,20H2,(H,23,24). The molecular weight excluding hydrogens is 366 g/mol. The van der Waals surface area contributed by atoms with E-state index in [2.05, 4.69) is 23.2 Å². The van der Waals surface area contributed by atoms with Gasteiger partial charge in [0.2, 0.25) is 0 Å². The summed E-state index contributed by atoms with van der Waals surface area (Å²) in [6.07, 6.45) is 2.82. The summed E-state index contributed by atoms with van der Waals surface area (Å²) in [5.41, 5.74) is 3.44. The van der Waals surface area contributed by atoms with Crippen molar-refractivity contribution in [3.05, 3.63) is 76.9 Å². The number of aromatic nitrogens is 2. The number of nitrogens with two attached hydrogens (primary N) is 1. The lowest BCUT2D eigenvalue weighted by Gasteiger charge is -2.02. The predicted molar refractivity (Wildman–Crippen MR) is 105 cm³/mol. The average Bonchev–Trinajstić information content (AvgIpc) is 3.28. The third kappa shape index (κ3) is 3.12. The zero-order chi connectivity index (χ0) is 18.1. The molecule has 130 valence electrons. The van der Waals surface area contributed by atoms with Crippen LogP contribution in [0.1, 0.15) is 21.6 Å². The molecule has 0 aliphatic heterocycles. The molecule has 0 amide bonds. The zero-order valence-electron chi connectivity index (χ0n) is 13.6. The van der Waals surface area contributed by atoms with Crippen LogP contribution in [0.15, 0.2) is 65.0 Å². The van der Waals surface area contributed by atoms with Gasteiger partial charge in [-0.15, -0.1) is 11.3 Å². The van der Waals surface area contributed by atoms with E-state index in [-0.39, 0.29) is 5.69 Å². The maximum Gasteiger partial charge on any atom is 0.355 e. The first-order valence-electron chi connectivity index (χ1n) is 7.89. The summed E-state index contributed by atoms with van der Waals surface area (Å²) in [6.45, 7) is 0. The van der Waals surface area contributed by atoms with Crippen LogP contribution in [-0.4, -0.2) is 20.6 Å². The van der Waals surface area contributed by atoms with E-state index < -0.39 is 5.97 Å². The van der Waals surface area contributed by atoms with Crippen molar-refractivity contribution in [2.75, 3.05) is 0 Å². The molecule has 0 saturated carbocycles. The number of fused-ring (bicyclic) bond motifs is 1. The lowest BCUT2D eigenvalue weighted by atomic mass is 10.0. The van der Waals surface area contributed by atoms with E-state index in [4.69, 9.17) is 10.2 Å². The summed E-state index contributed by atoms with van der Waals surface area (Å²) in [7, 11) is 0. The number of para-hydroxylation sites is 1. The van der Waals surface area contributed by atoms with Crippen LogP contribution in [0.5, 0.6) is 0 Å². The van der Waals surface area contributed by atoms with Crippen LogP contribution in [0.3, 0.4) is 0 Å². The molecule has 4 aromatic rings. The first kappa shape index (κ1) is 16.8. The van der Waals surface area contributed by atoms with Crippen molar-refractivity contribution in [1.29, 1.82) is 0 Å². The highest BCUT2D eigenvalue weighted by Crippen LogP contribution is 2.28. The number of thiazole rings is 1. The quantitative estimate of drug-likeness (QED) is 0.503. The highest BCUT2D eigenvalue weighted by Gasteiger charge is 2.14. The first-order valence-corrected chi connectivity index (χ1v) is 9.65. The third-order valence-electron chi connectivity index (χ3n) is 4.17. The van der Waals surface area contributed by atoms with E-state index in [9.17, 15) is 4.79 Å². The minimum Gasteiger partial charge on any atom is -0.476 e. The molecule has 0 atom stereocenters. The Balaban J connectivity index is 1.76. The van der Waals surface area contributed by atoms with E-state index in [1.54, 1.807) is 5.38 Å². The van der Waals surface area contributed by atoms with Gasteiger partial charge >= 0.3 is 5.97 Å². The number of nitrogens with zero attached hydrogens (tertiary/aromatic N) is 2. The molecule has 0 spiro atoms. The molecule has 26 heavy (non-hydrogen) atoms. The molecule has 0 radical (unpaired) electrons. The number of aromatic carboxylic acids is 1. The molecule has 0 saturated heterocycles. The van der Waals surface area contributed by atoms with Gasteiger partial charge in [-0.05, 0) is 47.7 Å². The highest BCUT2D eigenvalue weighted by atomic mass is 32.2. The second-order valence-corrected chi connectivity index (χ2v) is 7.34. The molecule has 3 N–H and O–H groups in total. The van der Waals surface area contributed by atoms with Crippen molar-refractivity contribution in [3.63, 3.8) is 0 Å². The van der Waals surface area contributed by atoms with Crippen molar-refractivity contribution in [3.8, 4) is 5.13 Å². The predicted octanol–water partition coefficient (Wildman–Crippen LogP) is 4.34. The maximum atomic E-state index is 11.1. The van der Waals surface area contributed by atoms with E-state index in [0.29, 0.717) is 5.13 Å². The lowest BCUT2D eigenvalue weighted by molar-refractivity contribution is 0.0691. The minimum atomic E-state index is -1.01. The Kier molecular flexibility index (Phi) is 4.50. The summed E-state index contributed by atoms with van der Waals surface area (Å²) in [5, 5.41) is 18.1. The Hall–Kier alpha value is -2.61. The molecule has 4 rings (SSSR count). The van der Waals surface area contributed by atoms with Gasteiger partial charge in [-0.25, -0.2) is 9.78 Å². The second kappa shape index (κ2) is 6.95. The summed E-state index contributed by atoms with van der Waals surface area (Å²) in [4.78, 5) is 16.4. The highest BCUT2D eigenvalue weighted by molar-refractivity contribution is 7.97. The van der Waals surface area contributed by atoms with Crippen molar-refractivity contribution >= 4 is 40.2 Å². The maximum absolute atomic E-state index is 11.1. The van der Waals surface area contributed by atoms with Gasteiger partial charge in [-0.2, -0.15) is 0 Å². The number of hydrogen-bond acceptors (Lipinski definition) is 5. The minimum absolute atomic E-state index is 0.0687. The van der Waals surface area contributed by atoms with Gasteiger partial charge in [-0.1, -0.05) is 30.3 Å². The van der Waals surface area contributed by atoms with Gasteiger partial charge in [0, 0.05) is 21.9 Å². The van der Waals surface area contributed by atoms with Gasteiger partial charge in [0.1, 0.15) is 0 Å². The van der Waals surface area contributed by atoms with Crippen molar-refractivity contribution in [1.82, 2.24) is 9.55 Å². The van der Waals surface area contributed by atoms with Crippen LogP contribution in [0.4, 0.5) is 0 Å². The SMILES string of the molecule is NSc1ccc(Cc2cn(-c3nc(C(=O)O)cs3)c3ccccc23)cc1. The summed E-state index contributed by atoms with van der Waals surface area (Å²) >= 11 is 2.56. The Morgan fingerprint density at radius 3 is 2.65 bits per heavy atom. The van der Waals surface area contributed by atoms with Crippen LogP contribution in [-0.2, 0) is 6.42 Å². The summed E-state index contributed by atoms with van der Waals surface area (Å²) in [6, 6.07) is 16.3. The van der Waals surface area contributed by atoms with Crippen molar-refractivity contribution < 1.29 is 9.90 Å². The van der Waals surface area contributed by atoms with Gasteiger partial charge in [-0.3, -0.25) is 9.71 Å². The Labute approximate surface area is 158 Å². The molecule has 0 bridgehead atoms. The first-order chi connectivity index (χ1) is 12.7. The zero-order valence-corrected chi connectivity index (χ0v) is 15.3. The van der Waals surface area contributed by atoms with Crippen LogP contribution >= 0.6 is 23.3 Å². The number of benzene rings is 2. The molecule has 2 heterocycles. The topological polar surface area (TPSA) is 81.1 Å². The summed E-state index contributed by atoms with van der Waals surface area (Å²) in [5.74, 6) is -1.01. The molecule has 0 aliphatic carbocycles. The van der Waals surface area contributed by atoms with Gasteiger partial charge < -0.3 is 5.11 Å². The van der Waals surface area contributed by atoms with Gasteiger partial charge in [0.05, 0.1) is 5.52 Å². The molecule has 0 aliphatic rings. The third-order valence-corrected chi connectivity index (χ3v) is 5.55. The smallest absolute Gasteiger partial charge is 0.355 e. The number of rotatable bonds is 5. The van der Waals surface area contributed by atoms with E-state index in [1.807, 2.05) is 41.1 Å². The number of carbonyl (C=O) groups is 1. The van der Waals surface area contributed by atoms with Gasteiger partial charge in [0.25, 0.3) is 0 Å². The number of carboxylic acids is 1. The molecule has 0 fully saturated rings. The molecule has 0 unspecified atom stereocenters. The van der Waals surface area contributed by atoms with Crippen LogP contribution in [0, 0.1) is 0 Å². The second-order valence-electron chi connectivity index (χ2n) is 5.80.